The Labute approximate surface area is 104 Å². The Kier molecular flexibility index (Phi) is 10.8. The largest absolute Gasteiger partial charge is 0.380 e. The van der Waals surface area contributed by atoms with E-state index in [1.807, 2.05) is 20.8 Å². The lowest BCUT2D eigenvalue weighted by molar-refractivity contribution is 0.107. The molecule has 16 heavy (non-hydrogen) atoms. The van der Waals surface area contributed by atoms with E-state index in [1.54, 1.807) is 0 Å². The van der Waals surface area contributed by atoms with Gasteiger partial charge < -0.3 is 19.7 Å². The third kappa shape index (κ3) is 7.84. The number of nitrogens with zero attached hydrogens (tertiary/aromatic N) is 1. The maximum atomic E-state index is 5.33. The first-order valence-corrected chi connectivity index (χ1v) is 6.35. The summed E-state index contributed by atoms with van der Waals surface area (Å²) in [5.41, 5.74) is 0. The van der Waals surface area contributed by atoms with Crippen molar-refractivity contribution in [2.24, 2.45) is 0 Å². The molecule has 0 fully saturated rings. The molecule has 0 aliphatic rings. The standard InChI is InChI=1S/C11H24N2O2S/c1-4-12-11(16)13(7-9-14-5-2)8-10-15-6-3/h4-10H2,1-3H3,(H,12,16). The molecule has 0 rings (SSSR count). The first-order chi connectivity index (χ1) is 7.76. The highest BCUT2D eigenvalue weighted by Gasteiger charge is 2.07. The Morgan fingerprint density at radius 2 is 1.56 bits per heavy atom. The molecule has 96 valence electrons. The van der Waals surface area contributed by atoms with Gasteiger partial charge in [-0.2, -0.15) is 0 Å². The van der Waals surface area contributed by atoms with Gasteiger partial charge in [0.05, 0.1) is 13.2 Å². The first-order valence-electron chi connectivity index (χ1n) is 5.94. The lowest BCUT2D eigenvalue weighted by Gasteiger charge is -2.25. The third-order valence-electron chi connectivity index (χ3n) is 2.03. The molecule has 0 saturated heterocycles. The fourth-order valence-corrected chi connectivity index (χ4v) is 1.54. The predicted molar refractivity (Wildman–Crippen MR) is 70.8 cm³/mol. The van der Waals surface area contributed by atoms with E-state index >= 15 is 0 Å². The number of hydrogen-bond acceptors (Lipinski definition) is 3. The molecule has 0 aromatic heterocycles. The zero-order chi connectivity index (χ0) is 12.2. The topological polar surface area (TPSA) is 33.7 Å². The van der Waals surface area contributed by atoms with E-state index in [2.05, 4.69) is 10.2 Å². The molecule has 0 spiro atoms. The van der Waals surface area contributed by atoms with Gasteiger partial charge in [-0.05, 0) is 33.0 Å². The molecule has 4 nitrogen and oxygen atoms in total. The summed E-state index contributed by atoms with van der Waals surface area (Å²) in [6.07, 6.45) is 0. The first kappa shape index (κ1) is 15.6. The maximum Gasteiger partial charge on any atom is 0.169 e. The van der Waals surface area contributed by atoms with Crippen molar-refractivity contribution in [3.05, 3.63) is 0 Å². The van der Waals surface area contributed by atoms with Crippen LogP contribution >= 0.6 is 12.2 Å². The van der Waals surface area contributed by atoms with Gasteiger partial charge in [0.15, 0.2) is 5.11 Å². The van der Waals surface area contributed by atoms with Crippen LogP contribution in [0.15, 0.2) is 0 Å². The van der Waals surface area contributed by atoms with E-state index in [0.717, 1.165) is 38.0 Å². The highest BCUT2D eigenvalue weighted by Crippen LogP contribution is 1.92. The molecule has 0 radical (unpaired) electrons. The molecular weight excluding hydrogens is 224 g/mol. The van der Waals surface area contributed by atoms with Crippen LogP contribution in [0.2, 0.25) is 0 Å². The monoisotopic (exact) mass is 248 g/mol. The van der Waals surface area contributed by atoms with Crippen LogP contribution in [0.1, 0.15) is 20.8 Å². The van der Waals surface area contributed by atoms with Crippen LogP contribution in [-0.4, -0.2) is 56.1 Å². The number of rotatable bonds is 9. The van der Waals surface area contributed by atoms with Gasteiger partial charge in [-0.15, -0.1) is 0 Å². The molecule has 0 heterocycles. The number of thiocarbonyl (C=S) groups is 1. The van der Waals surface area contributed by atoms with E-state index in [-0.39, 0.29) is 0 Å². The molecule has 5 heteroatoms. The molecule has 0 amide bonds. The molecule has 0 unspecified atom stereocenters. The molecule has 1 N–H and O–H groups in total. The molecule has 0 aromatic rings. The van der Waals surface area contributed by atoms with Gasteiger partial charge in [-0.25, -0.2) is 0 Å². The molecular formula is C11H24N2O2S. The summed E-state index contributed by atoms with van der Waals surface area (Å²) < 4.78 is 10.7. The highest BCUT2D eigenvalue weighted by molar-refractivity contribution is 7.80. The van der Waals surface area contributed by atoms with Crippen molar-refractivity contribution in [2.75, 3.05) is 46.1 Å². The Hall–Kier alpha value is -0.390. The summed E-state index contributed by atoms with van der Waals surface area (Å²) in [6, 6.07) is 0. The molecule has 0 aromatic carbocycles. The van der Waals surface area contributed by atoms with Gasteiger partial charge in [-0.1, -0.05) is 0 Å². The summed E-state index contributed by atoms with van der Waals surface area (Å²) in [5.74, 6) is 0. The maximum absolute atomic E-state index is 5.33. The predicted octanol–water partition coefficient (Wildman–Crippen LogP) is 1.26. The average Bonchev–Trinajstić information content (AvgIpc) is 2.28. The molecule has 0 aliphatic heterocycles. The Morgan fingerprint density at radius 1 is 1.06 bits per heavy atom. The van der Waals surface area contributed by atoms with Crippen molar-refractivity contribution in [2.45, 2.75) is 20.8 Å². The summed E-state index contributed by atoms with van der Waals surface area (Å²) in [5, 5.41) is 3.93. The zero-order valence-electron chi connectivity index (χ0n) is 10.6. The SMILES string of the molecule is CCNC(=S)N(CCOCC)CCOCC. The van der Waals surface area contributed by atoms with Gasteiger partial charge >= 0.3 is 0 Å². The van der Waals surface area contributed by atoms with Gasteiger partial charge in [0, 0.05) is 32.8 Å². The summed E-state index contributed by atoms with van der Waals surface area (Å²) in [7, 11) is 0. The van der Waals surface area contributed by atoms with E-state index in [1.165, 1.54) is 0 Å². The van der Waals surface area contributed by atoms with E-state index < -0.39 is 0 Å². The van der Waals surface area contributed by atoms with Crippen molar-refractivity contribution in [1.29, 1.82) is 0 Å². The van der Waals surface area contributed by atoms with E-state index in [9.17, 15) is 0 Å². The van der Waals surface area contributed by atoms with Gasteiger partial charge in [0.2, 0.25) is 0 Å². The van der Waals surface area contributed by atoms with Crippen molar-refractivity contribution < 1.29 is 9.47 Å². The second-order valence-corrected chi connectivity index (χ2v) is 3.60. The van der Waals surface area contributed by atoms with Crippen molar-refractivity contribution in [1.82, 2.24) is 10.2 Å². The fraction of sp³-hybridized carbons (Fsp3) is 0.909. The van der Waals surface area contributed by atoms with E-state index in [0.29, 0.717) is 13.2 Å². The van der Waals surface area contributed by atoms with Crippen LogP contribution < -0.4 is 5.32 Å². The normalized spacial score (nSPS) is 10.2. The second-order valence-electron chi connectivity index (χ2n) is 3.22. The zero-order valence-corrected chi connectivity index (χ0v) is 11.4. The van der Waals surface area contributed by atoms with Gasteiger partial charge in [0.25, 0.3) is 0 Å². The minimum Gasteiger partial charge on any atom is -0.380 e. The van der Waals surface area contributed by atoms with Crippen LogP contribution in [0.25, 0.3) is 0 Å². The van der Waals surface area contributed by atoms with Crippen molar-refractivity contribution >= 4 is 17.3 Å². The molecule has 0 aliphatic carbocycles. The lowest BCUT2D eigenvalue weighted by Crippen LogP contribution is -2.43. The smallest absolute Gasteiger partial charge is 0.169 e. The molecule has 0 bridgehead atoms. The minimum atomic E-state index is 0.703. The van der Waals surface area contributed by atoms with Crippen molar-refractivity contribution in [3.63, 3.8) is 0 Å². The van der Waals surface area contributed by atoms with Crippen molar-refractivity contribution in [3.8, 4) is 0 Å². The van der Waals surface area contributed by atoms with Gasteiger partial charge in [0.1, 0.15) is 0 Å². The van der Waals surface area contributed by atoms with Crippen LogP contribution in [0.3, 0.4) is 0 Å². The summed E-state index contributed by atoms with van der Waals surface area (Å²) in [4.78, 5) is 2.09. The van der Waals surface area contributed by atoms with Crippen LogP contribution in [0.4, 0.5) is 0 Å². The van der Waals surface area contributed by atoms with Crippen LogP contribution in [0.5, 0.6) is 0 Å². The van der Waals surface area contributed by atoms with E-state index in [4.69, 9.17) is 21.7 Å². The quantitative estimate of drug-likeness (QED) is 0.491. The fourth-order valence-electron chi connectivity index (χ4n) is 1.22. The lowest BCUT2D eigenvalue weighted by atomic mass is 10.5. The summed E-state index contributed by atoms with van der Waals surface area (Å²) in [6.45, 7) is 11.4. The Bertz CT molecular complexity index is 169. The Morgan fingerprint density at radius 3 is 1.94 bits per heavy atom. The average molecular weight is 248 g/mol. The third-order valence-corrected chi connectivity index (χ3v) is 2.44. The minimum absolute atomic E-state index is 0.703. The number of ether oxygens (including phenoxy) is 2. The summed E-state index contributed by atoms with van der Waals surface area (Å²) >= 11 is 5.28. The van der Waals surface area contributed by atoms with Crippen LogP contribution in [-0.2, 0) is 9.47 Å². The number of hydrogen-bond donors (Lipinski definition) is 1. The van der Waals surface area contributed by atoms with Crippen LogP contribution in [0, 0.1) is 0 Å². The highest BCUT2D eigenvalue weighted by atomic mass is 32.1. The second kappa shape index (κ2) is 11.1. The van der Waals surface area contributed by atoms with Gasteiger partial charge in [-0.3, -0.25) is 0 Å². The molecule has 0 saturated carbocycles. The molecule has 0 atom stereocenters. The Balaban J connectivity index is 3.89. The number of nitrogens with one attached hydrogen (secondary N) is 1.